The molecule has 31 heavy (non-hydrogen) atoms. The SMILES string of the molecule is CCCC[NH+](CCCC)Cc1c([O-])ccc2c1OC(=Cc1cc3ccccc3o1)C2=O. The Morgan fingerprint density at radius 3 is 2.48 bits per heavy atom. The number of para-hydroxylation sites is 1. The molecule has 1 aromatic heterocycles. The fourth-order valence-corrected chi connectivity index (χ4v) is 4.06. The number of furan rings is 1. The smallest absolute Gasteiger partial charge is 0.232 e. The number of ether oxygens (including phenoxy) is 1. The minimum absolute atomic E-state index is 0.0676. The van der Waals surface area contributed by atoms with Crippen molar-refractivity contribution in [3.8, 4) is 11.5 Å². The van der Waals surface area contributed by atoms with Crippen LogP contribution in [0.1, 0.15) is 61.2 Å². The Morgan fingerprint density at radius 1 is 1.03 bits per heavy atom. The van der Waals surface area contributed by atoms with Crippen LogP contribution in [0.3, 0.4) is 0 Å². The van der Waals surface area contributed by atoms with E-state index in [0.29, 0.717) is 29.2 Å². The van der Waals surface area contributed by atoms with Gasteiger partial charge >= 0.3 is 0 Å². The van der Waals surface area contributed by atoms with E-state index in [-0.39, 0.29) is 17.3 Å². The summed E-state index contributed by atoms with van der Waals surface area (Å²) in [6.45, 7) is 6.94. The second-order valence-electron chi connectivity index (χ2n) is 8.18. The van der Waals surface area contributed by atoms with Crippen LogP contribution in [0, 0.1) is 0 Å². The molecule has 0 saturated carbocycles. The number of nitrogens with one attached hydrogen (secondary N) is 1. The zero-order valence-electron chi connectivity index (χ0n) is 18.2. The number of quaternary nitrogens is 1. The molecule has 0 amide bonds. The number of carbonyl (C=O) groups is 1. The fourth-order valence-electron chi connectivity index (χ4n) is 4.06. The van der Waals surface area contributed by atoms with E-state index in [1.54, 1.807) is 12.1 Å². The fraction of sp³-hybridized carbons (Fsp3) is 0.346. The quantitative estimate of drug-likeness (QED) is 0.530. The van der Waals surface area contributed by atoms with Crippen molar-refractivity contribution in [2.45, 2.75) is 46.1 Å². The Morgan fingerprint density at radius 2 is 1.77 bits per heavy atom. The average molecular weight is 420 g/mol. The molecule has 5 nitrogen and oxygen atoms in total. The van der Waals surface area contributed by atoms with Crippen LogP contribution >= 0.6 is 0 Å². The number of hydrogen-bond acceptors (Lipinski definition) is 4. The topological polar surface area (TPSA) is 66.9 Å². The van der Waals surface area contributed by atoms with Gasteiger partial charge in [0, 0.05) is 17.0 Å². The van der Waals surface area contributed by atoms with Gasteiger partial charge in [0.25, 0.3) is 0 Å². The highest BCUT2D eigenvalue weighted by Crippen LogP contribution is 2.38. The molecule has 0 spiro atoms. The first-order valence-corrected chi connectivity index (χ1v) is 11.2. The Hall–Kier alpha value is -3.05. The summed E-state index contributed by atoms with van der Waals surface area (Å²) in [5.74, 6) is 0.900. The van der Waals surface area contributed by atoms with Crippen molar-refractivity contribution >= 4 is 22.8 Å². The number of carbonyl (C=O) groups excluding carboxylic acids is 1. The maximum Gasteiger partial charge on any atom is 0.232 e. The number of Topliss-reactive ketones (excluding diaryl/α,β-unsaturated/α-hetero) is 1. The molecule has 162 valence electrons. The van der Waals surface area contributed by atoms with Gasteiger partial charge in [0.15, 0.2) is 5.76 Å². The Labute approximate surface area is 182 Å². The second-order valence-corrected chi connectivity index (χ2v) is 8.18. The highest BCUT2D eigenvalue weighted by atomic mass is 16.5. The molecule has 0 bridgehead atoms. The molecule has 1 aliphatic heterocycles. The van der Waals surface area contributed by atoms with Crippen molar-refractivity contribution < 1.29 is 24.0 Å². The van der Waals surface area contributed by atoms with Gasteiger partial charge in [-0.15, -0.1) is 0 Å². The van der Waals surface area contributed by atoms with Crippen molar-refractivity contribution in [2.24, 2.45) is 0 Å². The van der Waals surface area contributed by atoms with E-state index in [1.807, 2.05) is 30.3 Å². The molecule has 0 saturated heterocycles. The lowest BCUT2D eigenvalue weighted by Crippen LogP contribution is -3.10. The number of ketones is 1. The summed E-state index contributed by atoms with van der Waals surface area (Å²) in [7, 11) is 0. The van der Waals surface area contributed by atoms with Crippen molar-refractivity contribution in [2.75, 3.05) is 13.1 Å². The van der Waals surface area contributed by atoms with E-state index >= 15 is 0 Å². The summed E-state index contributed by atoms with van der Waals surface area (Å²) in [6, 6.07) is 12.6. The average Bonchev–Trinajstić information content (AvgIpc) is 3.32. The van der Waals surface area contributed by atoms with Crippen molar-refractivity contribution in [3.63, 3.8) is 0 Å². The lowest BCUT2D eigenvalue weighted by Gasteiger charge is -2.23. The molecule has 0 aliphatic carbocycles. The number of allylic oxidation sites excluding steroid dienone is 1. The van der Waals surface area contributed by atoms with Crippen LogP contribution < -0.4 is 14.7 Å². The monoisotopic (exact) mass is 419 g/mol. The Bertz CT molecular complexity index is 1070. The third kappa shape index (κ3) is 4.52. The maximum atomic E-state index is 13.0. The predicted octanol–water partition coefficient (Wildman–Crippen LogP) is 4.11. The molecule has 0 unspecified atom stereocenters. The molecule has 2 heterocycles. The van der Waals surface area contributed by atoms with Gasteiger partial charge in [-0.05, 0) is 31.0 Å². The van der Waals surface area contributed by atoms with E-state index in [0.717, 1.165) is 49.7 Å². The zero-order valence-corrected chi connectivity index (χ0v) is 18.2. The number of unbranched alkanes of at least 4 members (excludes halogenated alkanes) is 2. The van der Waals surface area contributed by atoms with Gasteiger partial charge in [-0.2, -0.15) is 0 Å². The van der Waals surface area contributed by atoms with E-state index in [2.05, 4.69) is 13.8 Å². The standard InChI is InChI=1S/C26H29NO4/c1-3-5-13-27(14-6-4-2)17-21-22(28)12-11-20-25(29)24(31-26(20)21)16-19-15-18-9-7-8-10-23(18)30-19/h7-12,15-16,28H,3-6,13-14,17H2,1-2H3. The first-order chi connectivity index (χ1) is 15.1. The van der Waals surface area contributed by atoms with E-state index in [4.69, 9.17) is 9.15 Å². The molecule has 2 aromatic carbocycles. The molecule has 1 aliphatic rings. The van der Waals surface area contributed by atoms with Gasteiger partial charge in [0.05, 0.1) is 18.7 Å². The highest BCUT2D eigenvalue weighted by molar-refractivity contribution is 6.14. The van der Waals surface area contributed by atoms with Crippen molar-refractivity contribution in [1.82, 2.24) is 0 Å². The van der Waals surface area contributed by atoms with Gasteiger partial charge in [-0.1, -0.05) is 56.7 Å². The largest absolute Gasteiger partial charge is 0.872 e. The summed E-state index contributed by atoms with van der Waals surface area (Å²) in [6.07, 6.45) is 6.08. The zero-order chi connectivity index (χ0) is 21.8. The van der Waals surface area contributed by atoms with Crippen LogP contribution in [-0.2, 0) is 6.54 Å². The van der Waals surface area contributed by atoms with Gasteiger partial charge in [-0.25, -0.2) is 0 Å². The molecule has 5 heteroatoms. The molecule has 0 atom stereocenters. The van der Waals surface area contributed by atoms with Gasteiger partial charge < -0.3 is 19.2 Å². The Balaban J connectivity index is 1.62. The summed E-state index contributed by atoms with van der Waals surface area (Å²) >= 11 is 0. The van der Waals surface area contributed by atoms with E-state index < -0.39 is 0 Å². The van der Waals surface area contributed by atoms with Crippen LogP contribution in [0.4, 0.5) is 0 Å². The van der Waals surface area contributed by atoms with Crippen LogP contribution in [0.25, 0.3) is 17.0 Å². The van der Waals surface area contributed by atoms with E-state index in [1.165, 1.54) is 11.0 Å². The number of benzene rings is 2. The minimum atomic E-state index is -0.208. The molecule has 1 N–H and O–H groups in total. The molecular formula is C26H29NO4. The van der Waals surface area contributed by atoms with Crippen LogP contribution in [0.15, 0.2) is 52.6 Å². The van der Waals surface area contributed by atoms with Crippen LogP contribution in [0.2, 0.25) is 0 Å². The summed E-state index contributed by atoms with van der Waals surface area (Å²) in [5.41, 5.74) is 1.81. The molecule has 3 aromatic rings. The van der Waals surface area contributed by atoms with Gasteiger partial charge in [0.2, 0.25) is 5.78 Å². The number of rotatable bonds is 9. The first-order valence-electron chi connectivity index (χ1n) is 11.2. The number of hydrogen-bond donors (Lipinski definition) is 1. The first kappa shape index (κ1) is 21.2. The lowest BCUT2D eigenvalue weighted by molar-refractivity contribution is -0.914. The van der Waals surface area contributed by atoms with Crippen LogP contribution in [0.5, 0.6) is 11.5 Å². The predicted molar refractivity (Wildman–Crippen MR) is 119 cm³/mol. The summed E-state index contributed by atoms with van der Waals surface area (Å²) < 4.78 is 11.8. The maximum absolute atomic E-state index is 13.0. The lowest BCUT2D eigenvalue weighted by atomic mass is 10.0. The second kappa shape index (κ2) is 9.40. The molecule has 4 rings (SSSR count). The normalized spacial score (nSPS) is 14.5. The molecule has 0 fully saturated rings. The third-order valence-electron chi connectivity index (χ3n) is 5.81. The van der Waals surface area contributed by atoms with Crippen molar-refractivity contribution in [3.05, 3.63) is 65.1 Å². The van der Waals surface area contributed by atoms with Gasteiger partial charge in [0.1, 0.15) is 23.6 Å². The Kier molecular flexibility index (Phi) is 6.42. The van der Waals surface area contributed by atoms with Crippen molar-refractivity contribution in [1.29, 1.82) is 0 Å². The van der Waals surface area contributed by atoms with Gasteiger partial charge in [-0.3, -0.25) is 4.79 Å². The highest BCUT2D eigenvalue weighted by Gasteiger charge is 2.31. The summed E-state index contributed by atoms with van der Waals surface area (Å²) in [4.78, 5) is 14.3. The molecular weight excluding hydrogens is 390 g/mol. The third-order valence-corrected chi connectivity index (χ3v) is 5.81. The minimum Gasteiger partial charge on any atom is -0.872 e. The van der Waals surface area contributed by atoms with E-state index in [9.17, 15) is 9.90 Å². The number of fused-ring (bicyclic) bond motifs is 2. The van der Waals surface area contributed by atoms with Crippen LogP contribution in [-0.4, -0.2) is 18.9 Å². The molecule has 0 radical (unpaired) electrons. The summed E-state index contributed by atoms with van der Waals surface area (Å²) in [5, 5.41) is 13.7.